The summed E-state index contributed by atoms with van der Waals surface area (Å²) in [5, 5.41) is 1.29. The lowest BCUT2D eigenvalue weighted by molar-refractivity contribution is -0.159. The van der Waals surface area contributed by atoms with Gasteiger partial charge in [0.1, 0.15) is 34.2 Å². The molecule has 12 nitrogen and oxygen atoms in total. The fourth-order valence-electron chi connectivity index (χ4n) is 7.55. The smallest absolute Gasteiger partial charge is 0.352 e. The number of rotatable bonds is 15. The van der Waals surface area contributed by atoms with Crippen LogP contribution in [-0.2, 0) is 37.8 Å². The van der Waals surface area contributed by atoms with Crippen molar-refractivity contribution < 1.29 is 56.7 Å². The molecule has 0 aromatic heterocycles. The normalized spacial score (nSPS) is 12.8. The van der Waals surface area contributed by atoms with E-state index in [1.807, 2.05) is 41.5 Å². The maximum atomic E-state index is 17.3. The van der Waals surface area contributed by atoms with Crippen molar-refractivity contribution in [2.45, 2.75) is 92.6 Å². The number of hydrogen-bond acceptors (Lipinski definition) is 12. The molecule has 6 rings (SSSR count). The van der Waals surface area contributed by atoms with Crippen LogP contribution >= 0.6 is 14.3 Å². The lowest BCUT2D eigenvalue weighted by Gasteiger charge is -2.33. The van der Waals surface area contributed by atoms with E-state index >= 15 is 9.13 Å². The summed E-state index contributed by atoms with van der Waals surface area (Å²) in [4.78, 5) is 53.0. The molecule has 0 N–H and O–H groups in total. The van der Waals surface area contributed by atoms with Gasteiger partial charge in [-0.3, -0.25) is 9.59 Å². The van der Waals surface area contributed by atoms with Gasteiger partial charge in [-0.1, -0.05) is 121 Å². The molecule has 0 bridgehead atoms. The molecule has 0 fully saturated rings. The first-order valence-corrected chi connectivity index (χ1v) is 25.4. The summed E-state index contributed by atoms with van der Waals surface area (Å²) in [7, 11) is -8.65. The molecule has 68 heavy (non-hydrogen) atoms. The first-order chi connectivity index (χ1) is 32.0. The lowest BCUT2D eigenvalue weighted by atomic mass is 10.0. The molecular weight excluding hydrogens is 903 g/mol. The topological polar surface area (TPSA) is 158 Å². The maximum Gasteiger partial charge on any atom is 0.352 e. The first-order valence-electron chi connectivity index (χ1n) is 22.0. The molecule has 14 heteroatoms. The maximum absolute atomic E-state index is 17.3. The number of hydrogen-bond donors (Lipinski definition) is 0. The zero-order chi connectivity index (χ0) is 49.6. The number of ether oxygens (including phenoxy) is 6. The highest BCUT2D eigenvalue weighted by Crippen LogP contribution is 2.56. The van der Waals surface area contributed by atoms with E-state index in [9.17, 15) is 19.2 Å². The van der Waals surface area contributed by atoms with Crippen LogP contribution in [0.5, 0.6) is 23.0 Å². The monoisotopic (exact) mass is 958 g/mol. The van der Waals surface area contributed by atoms with Crippen LogP contribution in [0.1, 0.15) is 69.2 Å². The fourth-order valence-corrected chi connectivity index (χ4v) is 13.5. The Morgan fingerprint density at radius 2 is 0.662 bits per heavy atom. The second-order valence-corrected chi connectivity index (χ2v) is 23.3. The van der Waals surface area contributed by atoms with Gasteiger partial charge in [0.25, 0.3) is 0 Å². The number of carbonyl (C=O) groups is 4. The molecule has 0 saturated carbocycles. The second kappa shape index (κ2) is 20.6. The van der Waals surface area contributed by atoms with Crippen molar-refractivity contribution in [2.75, 3.05) is 0 Å². The quantitative estimate of drug-likeness (QED) is 0.0549. The Bertz CT molecular complexity index is 2600. The molecule has 0 radical (unpaired) electrons. The van der Waals surface area contributed by atoms with Crippen LogP contribution in [0.4, 0.5) is 0 Å². The van der Waals surface area contributed by atoms with Gasteiger partial charge in [-0.15, -0.1) is 0 Å². The predicted molar refractivity (Wildman–Crippen MR) is 265 cm³/mol. The Labute approximate surface area is 397 Å². The number of benzene rings is 6. The SMILES string of the molecule is CC(=O)O[C@@H](C)C(=O)Oc1ccc(OC(C)(C)C)c(P(=O)(c2ccccc2)c2ccccc2)c1-c1c(OC(=O)[C@H](C)OC(C)=O)ccc(OC(C)(C)C)c1P(=O)(c1ccccc1)c1ccccc1. The van der Waals surface area contributed by atoms with Gasteiger partial charge in [0.05, 0.1) is 10.6 Å². The molecule has 0 unspecified atom stereocenters. The molecule has 0 amide bonds. The highest BCUT2D eigenvalue weighted by molar-refractivity contribution is 7.86. The van der Waals surface area contributed by atoms with E-state index < -0.39 is 61.6 Å². The van der Waals surface area contributed by atoms with Crippen LogP contribution in [0, 0.1) is 0 Å². The van der Waals surface area contributed by atoms with Crippen LogP contribution in [-0.4, -0.2) is 47.3 Å². The van der Waals surface area contributed by atoms with Crippen LogP contribution in [0.15, 0.2) is 146 Å². The first kappa shape index (κ1) is 50.7. The van der Waals surface area contributed by atoms with Gasteiger partial charge >= 0.3 is 23.9 Å². The summed E-state index contributed by atoms with van der Waals surface area (Å²) >= 11 is 0. The van der Waals surface area contributed by atoms with E-state index in [0.29, 0.717) is 21.2 Å². The van der Waals surface area contributed by atoms with E-state index in [0.717, 1.165) is 13.8 Å². The van der Waals surface area contributed by atoms with Gasteiger partial charge < -0.3 is 37.6 Å². The van der Waals surface area contributed by atoms with Gasteiger partial charge in [-0.05, 0) is 79.7 Å². The molecule has 0 aliphatic heterocycles. The summed E-state index contributed by atoms with van der Waals surface area (Å²) in [5.41, 5.74) is -2.17. The van der Waals surface area contributed by atoms with E-state index in [2.05, 4.69) is 0 Å². The average Bonchev–Trinajstić information content (AvgIpc) is 3.29. The predicted octanol–water partition coefficient (Wildman–Crippen LogP) is 8.70. The zero-order valence-electron chi connectivity index (χ0n) is 39.8. The Kier molecular flexibility index (Phi) is 15.4. The van der Waals surface area contributed by atoms with Gasteiger partial charge in [0.15, 0.2) is 26.5 Å². The third kappa shape index (κ3) is 11.3. The van der Waals surface area contributed by atoms with Gasteiger partial charge in [-0.2, -0.15) is 0 Å². The van der Waals surface area contributed by atoms with Crippen LogP contribution < -0.4 is 50.8 Å². The molecule has 0 heterocycles. The standard InChI is InChI=1S/C54H56O12P2/c1-35(61-37(3)55)51(57)63-43-31-33-45(65-53(5,6)7)49(67(59,39-23-15-11-16-24-39)40-25-17-12-18-26-40)47(43)48-44(64-52(58)36(2)62-38(4)56)32-34-46(66-54(8,9)10)50(48)68(60,41-27-19-13-20-28-41)42-29-21-14-22-30-42/h11-36H,1-10H3/t35-,36-/m0/s1. The number of esters is 4. The molecule has 6 aromatic rings. The van der Waals surface area contributed by atoms with Crippen molar-refractivity contribution in [3.63, 3.8) is 0 Å². The molecule has 0 saturated heterocycles. The van der Waals surface area contributed by atoms with E-state index in [1.54, 1.807) is 121 Å². The summed E-state index contributed by atoms with van der Waals surface area (Å²) < 4.78 is 71.3. The van der Waals surface area contributed by atoms with Crippen LogP contribution in [0.2, 0.25) is 0 Å². The van der Waals surface area contributed by atoms with Crippen molar-refractivity contribution in [2.24, 2.45) is 0 Å². The molecule has 354 valence electrons. The third-order valence-corrected chi connectivity index (χ3v) is 16.4. The van der Waals surface area contributed by atoms with Crippen molar-refractivity contribution in [1.82, 2.24) is 0 Å². The van der Waals surface area contributed by atoms with Crippen LogP contribution in [0.25, 0.3) is 11.1 Å². The van der Waals surface area contributed by atoms with Crippen molar-refractivity contribution in [1.29, 1.82) is 0 Å². The van der Waals surface area contributed by atoms with Gasteiger partial charge in [0.2, 0.25) is 0 Å². The highest BCUT2D eigenvalue weighted by atomic mass is 31.2. The summed E-state index contributed by atoms with van der Waals surface area (Å²) in [6.45, 7) is 15.9. The highest BCUT2D eigenvalue weighted by Gasteiger charge is 2.45. The largest absolute Gasteiger partial charge is 0.487 e. The van der Waals surface area contributed by atoms with E-state index in [4.69, 9.17) is 28.4 Å². The summed E-state index contributed by atoms with van der Waals surface area (Å²) in [6, 6.07) is 40.7. The van der Waals surface area contributed by atoms with Crippen LogP contribution in [0.3, 0.4) is 0 Å². The fraction of sp³-hybridized carbons (Fsp3) is 0.259. The summed E-state index contributed by atoms with van der Waals surface area (Å²) in [5.74, 6) is -3.92. The van der Waals surface area contributed by atoms with E-state index in [-0.39, 0.29) is 44.7 Å². The molecule has 6 aromatic carbocycles. The minimum atomic E-state index is -4.33. The minimum Gasteiger partial charge on any atom is -0.487 e. The van der Waals surface area contributed by atoms with Crippen molar-refractivity contribution >= 4 is 70.0 Å². The minimum absolute atomic E-state index is 0.0255. The van der Waals surface area contributed by atoms with Gasteiger partial charge in [0, 0.05) is 46.2 Å². The lowest BCUT2D eigenvalue weighted by Crippen LogP contribution is -2.36. The Morgan fingerprint density at radius 1 is 0.412 bits per heavy atom. The Balaban J connectivity index is 1.98. The molecule has 0 aliphatic rings. The third-order valence-electron chi connectivity index (χ3n) is 10.2. The zero-order valence-corrected chi connectivity index (χ0v) is 41.6. The molecule has 0 spiro atoms. The Morgan fingerprint density at radius 3 is 0.897 bits per heavy atom. The second-order valence-electron chi connectivity index (χ2n) is 17.9. The van der Waals surface area contributed by atoms with E-state index in [1.165, 1.54) is 38.1 Å². The van der Waals surface area contributed by atoms with Crippen molar-refractivity contribution in [3.8, 4) is 34.1 Å². The van der Waals surface area contributed by atoms with Crippen molar-refractivity contribution in [3.05, 3.63) is 146 Å². The Hall–Kier alpha value is -6.74. The molecule has 2 atom stereocenters. The van der Waals surface area contributed by atoms with Gasteiger partial charge in [-0.25, -0.2) is 9.59 Å². The average molecular weight is 959 g/mol. The summed E-state index contributed by atoms with van der Waals surface area (Å²) in [6.07, 6.45) is -2.89. The number of carbonyl (C=O) groups excluding carboxylic acids is 4. The molecular formula is C54H56O12P2. The molecule has 0 aliphatic carbocycles.